The lowest BCUT2D eigenvalue weighted by Gasteiger charge is -2.30. The van der Waals surface area contributed by atoms with Crippen LogP contribution >= 0.6 is 0 Å². The fourth-order valence-corrected chi connectivity index (χ4v) is 3.20. The van der Waals surface area contributed by atoms with Crippen molar-refractivity contribution in [3.8, 4) is 5.75 Å². The van der Waals surface area contributed by atoms with E-state index in [4.69, 9.17) is 14.6 Å². The first-order valence-electron chi connectivity index (χ1n) is 8.50. The lowest BCUT2D eigenvalue weighted by atomic mass is 9.96. The van der Waals surface area contributed by atoms with Crippen molar-refractivity contribution in [1.82, 2.24) is 4.90 Å². The molecule has 0 spiro atoms. The second-order valence-corrected chi connectivity index (χ2v) is 6.38. The number of rotatable bonds is 5. The number of amides is 1. The molecule has 1 aromatic rings. The van der Waals surface area contributed by atoms with E-state index in [9.17, 15) is 9.59 Å². The number of benzene rings is 1. The molecule has 2 heterocycles. The number of carbonyl (C=O) groups is 2. The van der Waals surface area contributed by atoms with Crippen LogP contribution in [0.5, 0.6) is 5.75 Å². The molecular weight excluding hydrogens is 310 g/mol. The third kappa shape index (κ3) is 4.06. The molecule has 0 aliphatic carbocycles. The summed E-state index contributed by atoms with van der Waals surface area (Å²) in [4.78, 5) is 25.3. The summed E-state index contributed by atoms with van der Waals surface area (Å²) in [6.45, 7) is 2.26. The van der Waals surface area contributed by atoms with E-state index in [-0.39, 0.29) is 17.9 Å². The van der Waals surface area contributed by atoms with Gasteiger partial charge in [0.05, 0.1) is 12.0 Å². The minimum Gasteiger partial charge on any atom is -0.491 e. The fourth-order valence-electron chi connectivity index (χ4n) is 3.20. The Bertz CT molecular complexity index is 589. The highest BCUT2D eigenvalue weighted by Gasteiger charge is 2.27. The molecule has 0 aromatic heterocycles. The van der Waals surface area contributed by atoms with Gasteiger partial charge in [-0.05, 0) is 43.9 Å². The van der Waals surface area contributed by atoms with Gasteiger partial charge in [0.25, 0.3) is 5.91 Å². The van der Waals surface area contributed by atoms with Gasteiger partial charge in [-0.1, -0.05) is 6.07 Å². The molecule has 1 unspecified atom stereocenters. The fraction of sp³-hybridized carbons (Fsp3) is 0.556. The van der Waals surface area contributed by atoms with Crippen LogP contribution in [-0.2, 0) is 9.53 Å². The molecule has 1 N–H and O–H groups in total. The Morgan fingerprint density at radius 3 is 2.71 bits per heavy atom. The normalized spacial score (nSPS) is 21.7. The minimum atomic E-state index is -0.772. The summed E-state index contributed by atoms with van der Waals surface area (Å²) in [5.41, 5.74) is 0.577. The molecule has 1 aromatic carbocycles. The Morgan fingerprint density at radius 2 is 2.04 bits per heavy atom. The Kier molecular flexibility index (Phi) is 5.35. The highest BCUT2D eigenvalue weighted by atomic mass is 16.5. The molecule has 24 heavy (non-hydrogen) atoms. The maximum Gasteiger partial charge on any atom is 0.306 e. The Labute approximate surface area is 141 Å². The van der Waals surface area contributed by atoms with E-state index in [1.54, 1.807) is 17.0 Å². The standard InChI is InChI=1S/C18H23NO5/c20-17(19-8-6-13(7-9-19)18(21)22)14-3-1-4-15(11-14)24-12-16-5-2-10-23-16/h1,3-4,11,13,16H,2,5-10,12H2,(H,21,22). The highest BCUT2D eigenvalue weighted by molar-refractivity contribution is 5.94. The number of ether oxygens (including phenoxy) is 2. The summed E-state index contributed by atoms with van der Waals surface area (Å²) in [6, 6.07) is 7.16. The highest BCUT2D eigenvalue weighted by Crippen LogP contribution is 2.22. The molecular formula is C18H23NO5. The van der Waals surface area contributed by atoms with E-state index >= 15 is 0 Å². The maximum absolute atomic E-state index is 12.6. The zero-order chi connectivity index (χ0) is 16.9. The number of carboxylic acid groups (broad SMARTS) is 1. The molecule has 0 bridgehead atoms. The SMILES string of the molecule is O=C(O)C1CCN(C(=O)c2cccc(OCC3CCCO3)c2)CC1. The number of aliphatic carboxylic acids is 1. The van der Waals surface area contributed by atoms with Gasteiger partial charge in [0, 0.05) is 25.3 Å². The molecule has 1 amide bonds. The third-order valence-electron chi connectivity index (χ3n) is 4.67. The zero-order valence-corrected chi connectivity index (χ0v) is 13.6. The van der Waals surface area contributed by atoms with Gasteiger partial charge in [-0.3, -0.25) is 9.59 Å². The molecule has 6 heteroatoms. The lowest BCUT2D eigenvalue weighted by molar-refractivity contribution is -0.143. The van der Waals surface area contributed by atoms with Crippen LogP contribution < -0.4 is 4.74 Å². The molecule has 3 rings (SSSR count). The Morgan fingerprint density at radius 1 is 1.25 bits per heavy atom. The van der Waals surface area contributed by atoms with E-state index < -0.39 is 5.97 Å². The van der Waals surface area contributed by atoms with Crippen molar-refractivity contribution < 1.29 is 24.2 Å². The number of carboxylic acids is 1. The second-order valence-electron chi connectivity index (χ2n) is 6.38. The van der Waals surface area contributed by atoms with E-state index in [0.29, 0.717) is 43.9 Å². The van der Waals surface area contributed by atoms with Gasteiger partial charge in [-0.2, -0.15) is 0 Å². The number of piperidine rings is 1. The van der Waals surface area contributed by atoms with Crippen molar-refractivity contribution in [3.63, 3.8) is 0 Å². The van der Waals surface area contributed by atoms with Crippen LogP contribution in [0, 0.1) is 5.92 Å². The molecule has 6 nitrogen and oxygen atoms in total. The largest absolute Gasteiger partial charge is 0.491 e. The molecule has 2 aliphatic heterocycles. The summed E-state index contributed by atoms with van der Waals surface area (Å²) >= 11 is 0. The van der Waals surface area contributed by atoms with Crippen LogP contribution in [0.2, 0.25) is 0 Å². The predicted molar refractivity (Wildman–Crippen MR) is 87.2 cm³/mol. The molecule has 1 atom stereocenters. The molecule has 130 valence electrons. The van der Waals surface area contributed by atoms with Crippen molar-refractivity contribution in [3.05, 3.63) is 29.8 Å². The number of hydrogen-bond acceptors (Lipinski definition) is 4. The third-order valence-corrected chi connectivity index (χ3v) is 4.67. The molecule has 0 radical (unpaired) electrons. The summed E-state index contributed by atoms with van der Waals surface area (Å²) < 4.78 is 11.3. The first kappa shape index (κ1) is 16.8. The van der Waals surface area contributed by atoms with Crippen molar-refractivity contribution in [2.24, 2.45) is 5.92 Å². The Balaban J connectivity index is 1.56. The van der Waals surface area contributed by atoms with Gasteiger partial charge in [-0.25, -0.2) is 0 Å². The first-order valence-corrected chi connectivity index (χ1v) is 8.50. The van der Waals surface area contributed by atoms with Crippen LogP contribution in [-0.4, -0.2) is 54.3 Å². The van der Waals surface area contributed by atoms with Crippen LogP contribution in [0.4, 0.5) is 0 Å². The van der Waals surface area contributed by atoms with E-state index in [1.165, 1.54) is 0 Å². The number of likely N-dealkylation sites (tertiary alicyclic amines) is 1. The number of carbonyl (C=O) groups excluding carboxylic acids is 1. The van der Waals surface area contributed by atoms with E-state index in [0.717, 1.165) is 19.4 Å². The monoisotopic (exact) mass is 333 g/mol. The molecule has 2 saturated heterocycles. The van der Waals surface area contributed by atoms with E-state index in [1.807, 2.05) is 12.1 Å². The smallest absolute Gasteiger partial charge is 0.306 e. The molecule has 2 fully saturated rings. The zero-order valence-electron chi connectivity index (χ0n) is 13.6. The Hall–Kier alpha value is -2.08. The van der Waals surface area contributed by atoms with Crippen molar-refractivity contribution >= 4 is 11.9 Å². The van der Waals surface area contributed by atoms with Gasteiger partial charge in [0.1, 0.15) is 12.4 Å². The van der Waals surface area contributed by atoms with Gasteiger partial charge in [0.2, 0.25) is 0 Å². The topological polar surface area (TPSA) is 76.1 Å². The first-order chi connectivity index (χ1) is 11.6. The quantitative estimate of drug-likeness (QED) is 0.894. The summed E-state index contributed by atoms with van der Waals surface area (Å²) in [7, 11) is 0. The van der Waals surface area contributed by atoms with Gasteiger partial charge in [-0.15, -0.1) is 0 Å². The summed E-state index contributed by atoms with van der Waals surface area (Å²) in [6.07, 6.45) is 3.24. The van der Waals surface area contributed by atoms with Gasteiger partial charge in [0.15, 0.2) is 0 Å². The van der Waals surface area contributed by atoms with Gasteiger partial charge < -0.3 is 19.5 Å². The molecule has 2 aliphatic rings. The van der Waals surface area contributed by atoms with Crippen LogP contribution in [0.1, 0.15) is 36.0 Å². The average molecular weight is 333 g/mol. The van der Waals surface area contributed by atoms with Crippen LogP contribution in [0.25, 0.3) is 0 Å². The minimum absolute atomic E-state index is 0.0681. The second kappa shape index (κ2) is 7.66. The van der Waals surface area contributed by atoms with Crippen molar-refractivity contribution in [1.29, 1.82) is 0 Å². The lowest BCUT2D eigenvalue weighted by Crippen LogP contribution is -2.40. The maximum atomic E-state index is 12.6. The van der Waals surface area contributed by atoms with Crippen LogP contribution in [0.15, 0.2) is 24.3 Å². The van der Waals surface area contributed by atoms with Crippen molar-refractivity contribution in [2.45, 2.75) is 31.8 Å². The predicted octanol–water partition coefficient (Wildman–Crippen LogP) is 2.18. The van der Waals surface area contributed by atoms with Gasteiger partial charge >= 0.3 is 5.97 Å². The van der Waals surface area contributed by atoms with Crippen LogP contribution in [0.3, 0.4) is 0 Å². The summed E-state index contributed by atoms with van der Waals surface area (Å²) in [5, 5.41) is 9.04. The number of hydrogen-bond donors (Lipinski definition) is 1. The average Bonchev–Trinajstić information content (AvgIpc) is 3.13. The summed E-state index contributed by atoms with van der Waals surface area (Å²) in [5.74, 6) is -0.514. The van der Waals surface area contributed by atoms with Crippen molar-refractivity contribution in [2.75, 3.05) is 26.3 Å². The number of nitrogens with zero attached hydrogens (tertiary/aromatic N) is 1. The molecule has 0 saturated carbocycles. The van der Waals surface area contributed by atoms with E-state index in [2.05, 4.69) is 0 Å².